The molecule has 7 heteroatoms. The monoisotopic (exact) mass is 382 g/mol. The van der Waals surface area contributed by atoms with Crippen LogP contribution < -0.4 is 5.32 Å². The molecule has 1 unspecified atom stereocenters. The number of sulfone groups is 1. The Morgan fingerprint density at radius 1 is 1.31 bits per heavy atom. The Morgan fingerprint density at radius 3 is 2.73 bits per heavy atom. The number of rotatable bonds is 8. The van der Waals surface area contributed by atoms with E-state index in [0.29, 0.717) is 19.6 Å². The van der Waals surface area contributed by atoms with Gasteiger partial charge < -0.3 is 15.0 Å². The molecule has 1 aromatic carbocycles. The van der Waals surface area contributed by atoms with Gasteiger partial charge in [-0.25, -0.2) is 13.2 Å². The summed E-state index contributed by atoms with van der Waals surface area (Å²) in [7, 11) is -3.07. The van der Waals surface area contributed by atoms with E-state index in [4.69, 9.17) is 4.74 Å². The standard InChI is InChI=1S/C19H30N2O4S/c1-3-10-21(14-18-9-4-5-11-25-18)19(22)20-13-16-7-6-8-17(12-16)15-26(2,23)24/h6-8,12,18H,3-5,9-11,13-15H2,1-2H3,(H,20,22). The minimum Gasteiger partial charge on any atom is -0.376 e. The van der Waals surface area contributed by atoms with Gasteiger partial charge in [-0.15, -0.1) is 0 Å². The van der Waals surface area contributed by atoms with Gasteiger partial charge in [0, 0.05) is 32.5 Å². The lowest BCUT2D eigenvalue weighted by Gasteiger charge is -2.30. The lowest BCUT2D eigenvalue weighted by atomic mass is 10.1. The number of hydrogen-bond acceptors (Lipinski definition) is 4. The second kappa shape index (κ2) is 9.92. The fourth-order valence-electron chi connectivity index (χ4n) is 3.16. The summed E-state index contributed by atoms with van der Waals surface area (Å²) < 4.78 is 28.6. The summed E-state index contributed by atoms with van der Waals surface area (Å²) in [5.41, 5.74) is 1.63. The average Bonchev–Trinajstić information content (AvgIpc) is 2.59. The second-order valence-corrected chi connectivity index (χ2v) is 9.12. The summed E-state index contributed by atoms with van der Waals surface area (Å²) in [5, 5.41) is 2.95. The van der Waals surface area contributed by atoms with E-state index >= 15 is 0 Å². The Kier molecular flexibility index (Phi) is 7.90. The fraction of sp³-hybridized carbons (Fsp3) is 0.632. The van der Waals surface area contributed by atoms with Gasteiger partial charge in [0.25, 0.3) is 0 Å². The number of hydrogen-bond donors (Lipinski definition) is 1. The van der Waals surface area contributed by atoms with Crippen LogP contribution in [0.5, 0.6) is 0 Å². The van der Waals surface area contributed by atoms with Crippen LogP contribution in [0.4, 0.5) is 4.79 Å². The topological polar surface area (TPSA) is 75.7 Å². The molecular formula is C19H30N2O4S. The highest BCUT2D eigenvalue weighted by atomic mass is 32.2. The van der Waals surface area contributed by atoms with E-state index in [0.717, 1.165) is 43.4 Å². The first-order chi connectivity index (χ1) is 12.4. The van der Waals surface area contributed by atoms with Crippen molar-refractivity contribution < 1.29 is 17.9 Å². The molecule has 1 aromatic rings. The van der Waals surface area contributed by atoms with Gasteiger partial charge in [0.2, 0.25) is 0 Å². The summed E-state index contributed by atoms with van der Waals surface area (Å²) in [6.07, 6.45) is 5.49. The van der Waals surface area contributed by atoms with Crippen LogP contribution in [0, 0.1) is 0 Å². The Hall–Kier alpha value is -1.60. The summed E-state index contributed by atoms with van der Waals surface area (Å²) in [5.74, 6) is 0.00969. The number of nitrogens with one attached hydrogen (secondary N) is 1. The van der Waals surface area contributed by atoms with Gasteiger partial charge >= 0.3 is 6.03 Å². The molecule has 0 radical (unpaired) electrons. The van der Waals surface area contributed by atoms with Crippen molar-refractivity contribution in [1.29, 1.82) is 0 Å². The van der Waals surface area contributed by atoms with Crippen molar-refractivity contribution in [3.8, 4) is 0 Å². The molecule has 1 atom stereocenters. The molecule has 0 aliphatic carbocycles. The van der Waals surface area contributed by atoms with Gasteiger partial charge in [-0.2, -0.15) is 0 Å². The van der Waals surface area contributed by atoms with Gasteiger partial charge in [0.05, 0.1) is 11.9 Å². The first-order valence-electron chi connectivity index (χ1n) is 9.27. The number of benzene rings is 1. The maximum absolute atomic E-state index is 12.6. The molecule has 26 heavy (non-hydrogen) atoms. The van der Waals surface area contributed by atoms with Crippen LogP contribution in [-0.2, 0) is 26.9 Å². The Morgan fingerprint density at radius 2 is 2.08 bits per heavy atom. The van der Waals surface area contributed by atoms with Crippen LogP contribution in [-0.4, -0.2) is 51.4 Å². The number of ether oxygens (including phenoxy) is 1. The summed E-state index contributed by atoms with van der Waals surface area (Å²) in [6.45, 7) is 4.52. The Bertz CT molecular complexity index is 685. The zero-order chi connectivity index (χ0) is 19.0. The van der Waals surface area contributed by atoms with E-state index in [1.165, 1.54) is 6.26 Å². The van der Waals surface area contributed by atoms with Crippen molar-refractivity contribution in [2.75, 3.05) is 26.0 Å². The molecule has 1 fully saturated rings. The zero-order valence-electron chi connectivity index (χ0n) is 15.7. The maximum atomic E-state index is 12.6. The largest absolute Gasteiger partial charge is 0.376 e. The lowest BCUT2D eigenvalue weighted by molar-refractivity contribution is 0.000696. The van der Waals surface area contributed by atoms with Crippen LogP contribution in [0.15, 0.2) is 24.3 Å². The molecule has 2 rings (SSSR count). The lowest BCUT2D eigenvalue weighted by Crippen LogP contribution is -2.45. The zero-order valence-corrected chi connectivity index (χ0v) is 16.6. The van der Waals surface area contributed by atoms with E-state index < -0.39 is 9.84 Å². The van der Waals surface area contributed by atoms with Crippen molar-refractivity contribution in [3.63, 3.8) is 0 Å². The molecule has 0 saturated carbocycles. The molecular weight excluding hydrogens is 352 g/mol. The van der Waals surface area contributed by atoms with E-state index in [2.05, 4.69) is 12.2 Å². The van der Waals surface area contributed by atoms with Crippen LogP contribution >= 0.6 is 0 Å². The molecule has 6 nitrogen and oxygen atoms in total. The Labute approximate surface area is 156 Å². The SMILES string of the molecule is CCCN(CC1CCCCO1)C(=O)NCc1cccc(CS(C)(=O)=O)c1. The number of carbonyl (C=O) groups excluding carboxylic acids is 1. The van der Waals surface area contributed by atoms with E-state index in [-0.39, 0.29) is 17.9 Å². The number of carbonyl (C=O) groups is 1. The van der Waals surface area contributed by atoms with E-state index in [1.807, 2.05) is 23.1 Å². The molecule has 1 aliphatic heterocycles. The molecule has 1 heterocycles. The van der Waals surface area contributed by atoms with Crippen molar-refractivity contribution in [2.45, 2.75) is 51.0 Å². The summed E-state index contributed by atoms with van der Waals surface area (Å²) in [6, 6.07) is 7.23. The summed E-state index contributed by atoms with van der Waals surface area (Å²) in [4.78, 5) is 14.4. The van der Waals surface area contributed by atoms with Crippen LogP contribution in [0.1, 0.15) is 43.7 Å². The summed E-state index contributed by atoms with van der Waals surface area (Å²) >= 11 is 0. The van der Waals surface area contributed by atoms with Gasteiger partial charge in [0.1, 0.15) is 0 Å². The van der Waals surface area contributed by atoms with Gasteiger partial charge in [-0.05, 0) is 36.8 Å². The minimum absolute atomic E-state index is 0.00969. The maximum Gasteiger partial charge on any atom is 0.317 e. The molecule has 1 saturated heterocycles. The third kappa shape index (κ3) is 7.33. The first kappa shape index (κ1) is 20.7. The highest BCUT2D eigenvalue weighted by Gasteiger charge is 2.20. The third-order valence-electron chi connectivity index (χ3n) is 4.34. The van der Waals surface area contributed by atoms with Crippen molar-refractivity contribution in [1.82, 2.24) is 10.2 Å². The molecule has 1 N–H and O–H groups in total. The minimum atomic E-state index is -3.07. The quantitative estimate of drug-likeness (QED) is 0.750. The fourth-order valence-corrected chi connectivity index (χ4v) is 3.95. The normalized spacial score (nSPS) is 17.7. The van der Waals surface area contributed by atoms with E-state index in [1.54, 1.807) is 6.07 Å². The Balaban J connectivity index is 1.91. The third-order valence-corrected chi connectivity index (χ3v) is 5.20. The number of nitrogens with zero attached hydrogens (tertiary/aromatic N) is 1. The molecule has 146 valence electrons. The molecule has 0 spiro atoms. The number of amides is 2. The van der Waals surface area contributed by atoms with Crippen LogP contribution in [0.25, 0.3) is 0 Å². The van der Waals surface area contributed by atoms with Gasteiger partial charge in [0.15, 0.2) is 9.84 Å². The smallest absolute Gasteiger partial charge is 0.317 e. The van der Waals surface area contributed by atoms with Gasteiger partial charge in [-0.3, -0.25) is 0 Å². The second-order valence-electron chi connectivity index (χ2n) is 6.98. The van der Waals surface area contributed by atoms with Crippen LogP contribution in [0.3, 0.4) is 0 Å². The van der Waals surface area contributed by atoms with Crippen molar-refractivity contribution in [2.24, 2.45) is 0 Å². The highest BCUT2D eigenvalue weighted by molar-refractivity contribution is 7.89. The molecule has 1 aliphatic rings. The number of urea groups is 1. The molecule has 0 aromatic heterocycles. The van der Waals surface area contributed by atoms with Crippen LogP contribution in [0.2, 0.25) is 0 Å². The molecule has 2 amide bonds. The van der Waals surface area contributed by atoms with Crippen molar-refractivity contribution in [3.05, 3.63) is 35.4 Å². The van der Waals surface area contributed by atoms with E-state index in [9.17, 15) is 13.2 Å². The first-order valence-corrected chi connectivity index (χ1v) is 11.3. The average molecular weight is 383 g/mol. The van der Waals surface area contributed by atoms with Gasteiger partial charge in [-0.1, -0.05) is 31.2 Å². The predicted molar refractivity (Wildman–Crippen MR) is 103 cm³/mol. The molecule has 0 bridgehead atoms. The van der Waals surface area contributed by atoms with Crippen molar-refractivity contribution >= 4 is 15.9 Å². The predicted octanol–water partition coefficient (Wildman–Crippen LogP) is 2.72. The highest BCUT2D eigenvalue weighted by Crippen LogP contribution is 2.14.